The Morgan fingerprint density at radius 1 is 1.29 bits per heavy atom. The third-order valence-electron chi connectivity index (χ3n) is 3.26. The Labute approximate surface area is 111 Å². The van der Waals surface area contributed by atoms with Crippen molar-refractivity contribution in [3.05, 3.63) is 35.9 Å². The van der Waals surface area contributed by atoms with Gasteiger partial charge in [-0.1, -0.05) is 30.3 Å². The molecule has 0 saturated carbocycles. The van der Waals surface area contributed by atoms with Crippen molar-refractivity contribution in [1.82, 2.24) is 10.2 Å². The van der Waals surface area contributed by atoms with E-state index in [1.54, 1.807) is 0 Å². The molecule has 96 valence electrons. The van der Waals surface area contributed by atoms with Crippen LogP contribution < -0.4 is 5.32 Å². The molecule has 1 aromatic rings. The second-order valence-electron chi connectivity index (χ2n) is 4.89. The van der Waals surface area contributed by atoms with E-state index in [4.69, 9.17) is 0 Å². The van der Waals surface area contributed by atoms with Crippen molar-refractivity contribution in [2.75, 3.05) is 26.7 Å². The number of hydrogen-bond donors (Lipinski definition) is 1. The van der Waals surface area contributed by atoms with Gasteiger partial charge in [0.15, 0.2) is 0 Å². The molecule has 2 nitrogen and oxygen atoms in total. The third-order valence-corrected chi connectivity index (χ3v) is 3.26. The molecule has 1 aliphatic heterocycles. The molecule has 0 amide bonds. The number of rotatable bonds is 4. The maximum Gasteiger partial charge on any atom is 0.0230 e. The number of hydrogen-bond acceptors (Lipinski definition) is 2. The van der Waals surface area contributed by atoms with E-state index in [-0.39, 0.29) is 12.4 Å². The van der Waals surface area contributed by atoms with Gasteiger partial charge in [0.1, 0.15) is 0 Å². The SMILES string of the molecule is CN(Cc1ccccc1)CC1CCCNC1.Cl. The lowest BCUT2D eigenvalue weighted by atomic mass is 9.99. The molecule has 1 atom stereocenters. The number of benzene rings is 1. The molecule has 0 bridgehead atoms. The first kappa shape index (κ1) is 14.5. The molecule has 1 aromatic carbocycles. The summed E-state index contributed by atoms with van der Waals surface area (Å²) in [6, 6.07) is 10.7. The fourth-order valence-corrected chi connectivity index (χ4v) is 2.48. The zero-order chi connectivity index (χ0) is 11.2. The Morgan fingerprint density at radius 2 is 2.06 bits per heavy atom. The lowest BCUT2D eigenvalue weighted by Crippen LogP contribution is -2.36. The smallest absolute Gasteiger partial charge is 0.0230 e. The highest BCUT2D eigenvalue weighted by Crippen LogP contribution is 2.12. The summed E-state index contributed by atoms with van der Waals surface area (Å²) in [6.07, 6.45) is 2.72. The van der Waals surface area contributed by atoms with Gasteiger partial charge in [-0.05, 0) is 44.5 Å². The van der Waals surface area contributed by atoms with E-state index in [9.17, 15) is 0 Å². The summed E-state index contributed by atoms with van der Waals surface area (Å²) in [6.45, 7) is 4.68. The van der Waals surface area contributed by atoms with Gasteiger partial charge in [0.05, 0.1) is 0 Å². The van der Waals surface area contributed by atoms with E-state index in [2.05, 4.69) is 47.6 Å². The Balaban J connectivity index is 0.00000144. The van der Waals surface area contributed by atoms with E-state index in [0.717, 1.165) is 12.5 Å². The van der Waals surface area contributed by atoms with Crippen LogP contribution in [0.2, 0.25) is 0 Å². The topological polar surface area (TPSA) is 15.3 Å². The van der Waals surface area contributed by atoms with Crippen LogP contribution in [0.5, 0.6) is 0 Å². The molecular formula is C14H23ClN2. The van der Waals surface area contributed by atoms with Gasteiger partial charge >= 0.3 is 0 Å². The number of halogens is 1. The van der Waals surface area contributed by atoms with Crippen molar-refractivity contribution in [2.24, 2.45) is 5.92 Å². The summed E-state index contributed by atoms with van der Waals surface area (Å²) in [4.78, 5) is 2.44. The Morgan fingerprint density at radius 3 is 2.71 bits per heavy atom. The zero-order valence-corrected chi connectivity index (χ0v) is 11.4. The van der Waals surface area contributed by atoms with Gasteiger partial charge < -0.3 is 10.2 Å². The summed E-state index contributed by atoms with van der Waals surface area (Å²) in [5.74, 6) is 0.836. The van der Waals surface area contributed by atoms with Crippen molar-refractivity contribution >= 4 is 12.4 Å². The summed E-state index contributed by atoms with van der Waals surface area (Å²) in [7, 11) is 2.22. The molecule has 0 aliphatic carbocycles. The fourth-order valence-electron chi connectivity index (χ4n) is 2.48. The van der Waals surface area contributed by atoms with Gasteiger partial charge in [-0.3, -0.25) is 0 Å². The van der Waals surface area contributed by atoms with Crippen LogP contribution in [-0.4, -0.2) is 31.6 Å². The average Bonchev–Trinajstić information content (AvgIpc) is 2.31. The molecule has 3 heteroatoms. The quantitative estimate of drug-likeness (QED) is 0.889. The van der Waals surface area contributed by atoms with Gasteiger partial charge in [0.2, 0.25) is 0 Å². The van der Waals surface area contributed by atoms with E-state index >= 15 is 0 Å². The van der Waals surface area contributed by atoms with Crippen LogP contribution >= 0.6 is 12.4 Å². The van der Waals surface area contributed by atoms with Crippen LogP contribution in [0.15, 0.2) is 30.3 Å². The first-order valence-electron chi connectivity index (χ1n) is 6.28. The summed E-state index contributed by atoms with van der Waals surface area (Å²) in [5.41, 5.74) is 1.41. The van der Waals surface area contributed by atoms with Crippen molar-refractivity contribution in [2.45, 2.75) is 19.4 Å². The van der Waals surface area contributed by atoms with Crippen LogP contribution in [0, 0.1) is 5.92 Å². The third kappa shape index (κ3) is 5.07. The number of nitrogens with zero attached hydrogens (tertiary/aromatic N) is 1. The minimum absolute atomic E-state index is 0. The fraction of sp³-hybridized carbons (Fsp3) is 0.571. The molecule has 17 heavy (non-hydrogen) atoms. The molecule has 2 rings (SSSR count). The van der Waals surface area contributed by atoms with Crippen LogP contribution in [-0.2, 0) is 6.54 Å². The summed E-state index contributed by atoms with van der Waals surface area (Å²) in [5, 5.41) is 3.48. The monoisotopic (exact) mass is 254 g/mol. The molecule has 1 heterocycles. The second-order valence-corrected chi connectivity index (χ2v) is 4.89. The van der Waals surface area contributed by atoms with Gasteiger partial charge in [-0.15, -0.1) is 12.4 Å². The van der Waals surface area contributed by atoms with Crippen molar-refractivity contribution < 1.29 is 0 Å². The highest BCUT2D eigenvalue weighted by molar-refractivity contribution is 5.85. The predicted molar refractivity (Wildman–Crippen MR) is 75.6 cm³/mol. The minimum atomic E-state index is 0. The van der Waals surface area contributed by atoms with Crippen LogP contribution in [0.25, 0.3) is 0 Å². The van der Waals surface area contributed by atoms with E-state index in [1.807, 2.05) is 0 Å². The summed E-state index contributed by atoms with van der Waals surface area (Å²) < 4.78 is 0. The van der Waals surface area contributed by atoms with Gasteiger partial charge in [0.25, 0.3) is 0 Å². The van der Waals surface area contributed by atoms with Crippen molar-refractivity contribution in [3.63, 3.8) is 0 Å². The highest BCUT2D eigenvalue weighted by atomic mass is 35.5. The number of piperidine rings is 1. The molecule has 1 fully saturated rings. The molecular weight excluding hydrogens is 232 g/mol. The molecule has 0 radical (unpaired) electrons. The Kier molecular flexibility index (Phi) is 6.56. The Hall–Kier alpha value is -0.570. The molecule has 1 saturated heterocycles. The molecule has 1 N–H and O–H groups in total. The lowest BCUT2D eigenvalue weighted by molar-refractivity contribution is 0.237. The second kappa shape index (κ2) is 7.70. The van der Waals surface area contributed by atoms with Crippen LogP contribution in [0.1, 0.15) is 18.4 Å². The van der Waals surface area contributed by atoms with Gasteiger partial charge in [-0.2, -0.15) is 0 Å². The summed E-state index contributed by atoms with van der Waals surface area (Å²) >= 11 is 0. The average molecular weight is 255 g/mol. The van der Waals surface area contributed by atoms with Gasteiger partial charge in [-0.25, -0.2) is 0 Å². The minimum Gasteiger partial charge on any atom is -0.316 e. The van der Waals surface area contributed by atoms with E-state index in [0.29, 0.717) is 0 Å². The molecule has 1 unspecified atom stereocenters. The molecule has 0 spiro atoms. The molecule has 1 aliphatic rings. The van der Waals surface area contributed by atoms with E-state index < -0.39 is 0 Å². The largest absolute Gasteiger partial charge is 0.316 e. The zero-order valence-electron chi connectivity index (χ0n) is 10.6. The van der Waals surface area contributed by atoms with Crippen LogP contribution in [0.3, 0.4) is 0 Å². The standard InChI is InChI=1S/C14H22N2.ClH/c1-16(11-13-6-3-2-4-7-13)12-14-8-5-9-15-10-14;/h2-4,6-7,14-15H,5,8-12H2,1H3;1H. The van der Waals surface area contributed by atoms with Gasteiger partial charge in [0, 0.05) is 13.1 Å². The lowest BCUT2D eigenvalue weighted by Gasteiger charge is -2.27. The van der Waals surface area contributed by atoms with E-state index in [1.165, 1.54) is 38.0 Å². The molecule has 0 aromatic heterocycles. The maximum atomic E-state index is 3.48. The highest BCUT2D eigenvalue weighted by Gasteiger charge is 2.14. The normalized spacial score (nSPS) is 20.0. The Bertz CT molecular complexity index is 296. The predicted octanol–water partition coefficient (Wildman–Crippen LogP) is 2.54. The number of nitrogens with one attached hydrogen (secondary N) is 1. The first-order chi connectivity index (χ1) is 7.84. The maximum absolute atomic E-state index is 3.48. The first-order valence-corrected chi connectivity index (χ1v) is 6.28. The van der Waals surface area contributed by atoms with Crippen molar-refractivity contribution in [3.8, 4) is 0 Å². The van der Waals surface area contributed by atoms with Crippen LogP contribution in [0.4, 0.5) is 0 Å². The van der Waals surface area contributed by atoms with Crippen molar-refractivity contribution in [1.29, 1.82) is 0 Å².